The van der Waals surface area contributed by atoms with Crippen LogP contribution in [0.3, 0.4) is 0 Å². The van der Waals surface area contributed by atoms with Gasteiger partial charge < -0.3 is 31.3 Å². The first-order chi connectivity index (χ1) is 15.3. The van der Waals surface area contributed by atoms with Crippen LogP contribution in [0, 0.1) is 11.7 Å². The van der Waals surface area contributed by atoms with E-state index in [0.717, 1.165) is 6.07 Å². The van der Waals surface area contributed by atoms with Gasteiger partial charge in [0.15, 0.2) is 0 Å². The SMILES string of the molecule is CNC(=O)C1=C(C(=O)NC2CCC(C(=O)N(CCO)c3ccc(F)cc3Cl)CC2)NCN1. The van der Waals surface area contributed by atoms with E-state index in [1.807, 2.05) is 0 Å². The first kappa shape index (κ1) is 23.8. The fraction of sp³-hybridized carbons (Fsp3) is 0.476. The molecule has 11 heteroatoms. The molecule has 32 heavy (non-hydrogen) atoms. The van der Waals surface area contributed by atoms with Crippen LogP contribution in [0.4, 0.5) is 10.1 Å². The second-order valence-electron chi connectivity index (χ2n) is 7.69. The summed E-state index contributed by atoms with van der Waals surface area (Å²) >= 11 is 6.12. The predicted molar refractivity (Wildman–Crippen MR) is 117 cm³/mol. The first-order valence-corrected chi connectivity index (χ1v) is 10.9. The van der Waals surface area contributed by atoms with Gasteiger partial charge in [-0.2, -0.15) is 0 Å². The van der Waals surface area contributed by atoms with Crippen LogP contribution in [0.2, 0.25) is 5.02 Å². The van der Waals surface area contributed by atoms with Crippen molar-refractivity contribution in [3.63, 3.8) is 0 Å². The van der Waals surface area contributed by atoms with Crippen molar-refractivity contribution in [2.24, 2.45) is 5.92 Å². The summed E-state index contributed by atoms with van der Waals surface area (Å²) in [7, 11) is 1.49. The Morgan fingerprint density at radius 1 is 1.16 bits per heavy atom. The first-order valence-electron chi connectivity index (χ1n) is 10.5. The highest BCUT2D eigenvalue weighted by Gasteiger charge is 2.33. The lowest BCUT2D eigenvalue weighted by molar-refractivity contribution is -0.124. The van der Waals surface area contributed by atoms with E-state index in [1.54, 1.807) is 0 Å². The van der Waals surface area contributed by atoms with Gasteiger partial charge in [0.1, 0.15) is 17.2 Å². The van der Waals surface area contributed by atoms with Gasteiger partial charge in [0.05, 0.1) is 24.0 Å². The molecule has 0 atom stereocenters. The number of aliphatic hydroxyl groups is 1. The Kier molecular flexibility index (Phi) is 7.92. The Morgan fingerprint density at radius 2 is 1.81 bits per heavy atom. The predicted octanol–water partition coefficient (Wildman–Crippen LogP) is 0.587. The maximum absolute atomic E-state index is 13.4. The van der Waals surface area contributed by atoms with Gasteiger partial charge in [-0.15, -0.1) is 0 Å². The molecule has 1 aromatic rings. The number of benzene rings is 1. The van der Waals surface area contributed by atoms with Gasteiger partial charge in [-0.1, -0.05) is 11.6 Å². The summed E-state index contributed by atoms with van der Waals surface area (Å²) in [5.74, 6) is -1.75. The number of nitrogens with zero attached hydrogens (tertiary/aromatic N) is 1. The van der Waals surface area contributed by atoms with Gasteiger partial charge in [-0.3, -0.25) is 14.4 Å². The number of hydrogen-bond donors (Lipinski definition) is 5. The van der Waals surface area contributed by atoms with E-state index >= 15 is 0 Å². The van der Waals surface area contributed by atoms with Crippen molar-refractivity contribution in [3.8, 4) is 0 Å². The Balaban J connectivity index is 1.61. The van der Waals surface area contributed by atoms with Crippen molar-refractivity contribution < 1.29 is 23.9 Å². The molecule has 9 nitrogen and oxygen atoms in total. The van der Waals surface area contributed by atoms with Crippen molar-refractivity contribution in [1.82, 2.24) is 21.3 Å². The number of rotatable bonds is 7. The van der Waals surface area contributed by atoms with E-state index in [0.29, 0.717) is 38.0 Å². The Hall–Kier alpha value is -2.85. The van der Waals surface area contributed by atoms with E-state index in [4.69, 9.17) is 11.6 Å². The molecule has 3 rings (SSSR count). The third-order valence-corrected chi connectivity index (χ3v) is 5.97. The Labute approximate surface area is 190 Å². The molecule has 3 amide bonds. The van der Waals surface area contributed by atoms with E-state index in [-0.39, 0.29) is 59.2 Å². The molecule has 1 aromatic carbocycles. The van der Waals surface area contributed by atoms with E-state index in [1.165, 1.54) is 24.1 Å². The molecule has 0 saturated heterocycles. The van der Waals surface area contributed by atoms with Crippen LogP contribution in [0.1, 0.15) is 25.7 Å². The van der Waals surface area contributed by atoms with E-state index in [2.05, 4.69) is 21.3 Å². The minimum Gasteiger partial charge on any atom is -0.395 e. The number of nitrogens with one attached hydrogen (secondary N) is 4. The third-order valence-electron chi connectivity index (χ3n) is 5.66. The maximum Gasteiger partial charge on any atom is 0.269 e. The minimum atomic E-state index is -0.506. The molecule has 1 aliphatic carbocycles. The molecule has 0 bridgehead atoms. The lowest BCUT2D eigenvalue weighted by Gasteiger charge is -2.32. The lowest BCUT2D eigenvalue weighted by Crippen LogP contribution is -2.44. The van der Waals surface area contributed by atoms with Crippen LogP contribution in [-0.4, -0.2) is 55.7 Å². The van der Waals surface area contributed by atoms with Gasteiger partial charge in [0.2, 0.25) is 5.91 Å². The lowest BCUT2D eigenvalue weighted by atomic mass is 9.85. The molecule has 1 fully saturated rings. The number of carbonyl (C=O) groups excluding carboxylic acids is 3. The van der Waals surface area contributed by atoms with Crippen molar-refractivity contribution in [2.45, 2.75) is 31.7 Å². The number of hydrogen-bond acceptors (Lipinski definition) is 6. The Morgan fingerprint density at radius 3 is 2.41 bits per heavy atom. The van der Waals surface area contributed by atoms with Crippen molar-refractivity contribution >= 4 is 35.0 Å². The molecule has 0 radical (unpaired) electrons. The van der Waals surface area contributed by atoms with Crippen LogP contribution >= 0.6 is 11.6 Å². The van der Waals surface area contributed by atoms with Crippen molar-refractivity contribution in [1.29, 1.82) is 0 Å². The van der Waals surface area contributed by atoms with Crippen LogP contribution in [0.15, 0.2) is 29.6 Å². The molecule has 0 spiro atoms. The molecule has 0 unspecified atom stereocenters. The summed E-state index contributed by atoms with van der Waals surface area (Å²) in [6.07, 6.45) is 2.25. The normalized spacial score (nSPS) is 20.2. The monoisotopic (exact) mass is 467 g/mol. The summed E-state index contributed by atoms with van der Waals surface area (Å²) in [5, 5.41) is 20.6. The molecule has 1 saturated carbocycles. The van der Waals surface area contributed by atoms with Crippen molar-refractivity contribution in [2.75, 3.05) is 31.8 Å². The van der Waals surface area contributed by atoms with Gasteiger partial charge in [0, 0.05) is 25.6 Å². The van der Waals surface area contributed by atoms with E-state index in [9.17, 15) is 23.9 Å². The van der Waals surface area contributed by atoms with E-state index < -0.39 is 5.82 Å². The summed E-state index contributed by atoms with van der Waals surface area (Å²) in [4.78, 5) is 39.0. The molecule has 1 heterocycles. The molecular formula is C21H27ClFN5O4. The van der Waals surface area contributed by atoms with Crippen molar-refractivity contribution in [3.05, 3.63) is 40.4 Å². The average Bonchev–Trinajstić information content (AvgIpc) is 3.28. The standard InChI is InChI=1S/C21H27ClFN5O4/c1-24-19(30)17-18(26-11-25-17)20(31)27-14-5-2-12(3-6-14)21(32)28(8-9-29)16-7-4-13(23)10-15(16)22/h4,7,10,12,14,25-26,29H,2-3,5-6,8-9,11H2,1H3,(H,24,30)(H,27,31). The molecular weight excluding hydrogens is 441 g/mol. The van der Waals surface area contributed by atoms with Gasteiger partial charge >= 0.3 is 0 Å². The Bertz CT molecular complexity index is 917. The largest absolute Gasteiger partial charge is 0.395 e. The fourth-order valence-electron chi connectivity index (χ4n) is 4.02. The maximum atomic E-state index is 13.4. The number of anilines is 1. The van der Waals surface area contributed by atoms with Crippen LogP contribution in [-0.2, 0) is 14.4 Å². The van der Waals surface area contributed by atoms with Gasteiger partial charge in [-0.25, -0.2) is 4.39 Å². The van der Waals surface area contributed by atoms with Gasteiger partial charge in [0.25, 0.3) is 11.8 Å². The fourth-order valence-corrected chi connectivity index (χ4v) is 4.29. The topological polar surface area (TPSA) is 123 Å². The third kappa shape index (κ3) is 5.31. The van der Waals surface area contributed by atoms with Crippen LogP contribution in [0.5, 0.6) is 0 Å². The molecule has 0 aromatic heterocycles. The smallest absolute Gasteiger partial charge is 0.269 e. The summed E-state index contributed by atoms with van der Waals surface area (Å²) in [5.41, 5.74) is 0.753. The molecule has 5 N–H and O–H groups in total. The van der Waals surface area contributed by atoms with Gasteiger partial charge in [-0.05, 0) is 43.9 Å². The average molecular weight is 468 g/mol. The summed E-state index contributed by atoms with van der Waals surface area (Å²) in [6.45, 7) is 0.0873. The second-order valence-corrected chi connectivity index (χ2v) is 8.10. The van der Waals surface area contributed by atoms with Crippen LogP contribution in [0.25, 0.3) is 0 Å². The number of likely N-dealkylation sites (N-methyl/N-ethyl adjacent to an activating group) is 1. The zero-order valence-electron chi connectivity index (χ0n) is 17.7. The number of aliphatic hydroxyl groups excluding tert-OH is 1. The highest BCUT2D eigenvalue weighted by atomic mass is 35.5. The zero-order valence-corrected chi connectivity index (χ0v) is 18.5. The highest BCUT2D eigenvalue weighted by Crippen LogP contribution is 2.32. The molecule has 174 valence electrons. The summed E-state index contributed by atoms with van der Waals surface area (Å²) < 4.78 is 13.4. The number of amides is 3. The quantitative estimate of drug-likeness (QED) is 0.400. The highest BCUT2D eigenvalue weighted by molar-refractivity contribution is 6.33. The van der Waals surface area contributed by atoms with Crippen LogP contribution < -0.4 is 26.2 Å². The zero-order chi connectivity index (χ0) is 23.3. The molecule has 1 aliphatic heterocycles. The number of carbonyl (C=O) groups is 3. The molecule has 2 aliphatic rings. The number of halogens is 2. The second kappa shape index (κ2) is 10.6. The summed E-state index contributed by atoms with van der Waals surface area (Å²) in [6, 6.07) is 3.65. The minimum absolute atomic E-state index is 0.0515.